The summed E-state index contributed by atoms with van der Waals surface area (Å²) < 4.78 is 5.41. The van der Waals surface area contributed by atoms with Gasteiger partial charge in [0.2, 0.25) is 5.95 Å². The van der Waals surface area contributed by atoms with E-state index < -0.39 is 0 Å². The Morgan fingerprint density at radius 3 is 2.42 bits per heavy atom. The fourth-order valence-electron chi connectivity index (χ4n) is 3.48. The van der Waals surface area contributed by atoms with Crippen LogP contribution in [0.4, 0.5) is 11.8 Å². The predicted octanol–water partition coefficient (Wildman–Crippen LogP) is 3.13. The Labute approximate surface area is 182 Å². The Bertz CT molecular complexity index is 1000. The van der Waals surface area contributed by atoms with Crippen molar-refractivity contribution in [1.29, 1.82) is 0 Å². The molecule has 2 N–H and O–H groups in total. The molecule has 0 aliphatic carbocycles. The number of hydrogen-bond acceptors (Lipinski definition) is 6. The van der Waals surface area contributed by atoms with Crippen molar-refractivity contribution in [2.45, 2.75) is 6.92 Å². The number of amides is 1. The maximum Gasteiger partial charge on any atom is 0.251 e. The van der Waals surface area contributed by atoms with Crippen LogP contribution in [-0.2, 0) is 4.74 Å². The smallest absolute Gasteiger partial charge is 0.251 e. The lowest BCUT2D eigenvalue weighted by molar-refractivity contribution is 0.0955. The fraction of sp³-hybridized carbons (Fsp3) is 0.292. The topological polar surface area (TPSA) is 79.4 Å². The lowest BCUT2D eigenvalue weighted by Gasteiger charge is -2.28. The first-order chi connectivity index (χ1) is 15.2. The zero-order valence-corrected chi connectivity index (χ0v) is 17.7. The minimum absolute atomic E-state index is 0.0967. The molecule has 0 saturated carbocycles. The minimum Gasteiger partial charge on any atom is -0.378 e. The van der Waals surface area contributed by atoms with Gasteiger partial charge in [-0.3, -0.25) is 4.79 Å². The number of benzene rings is 2. The molecular formula is C24H27N5O2. The van der Waals surface area contributed by atoms with Crippen LogP contribution in [-0.4, -0.2) is 55.3 Å². The molecule has 0 unspecified atom stereocenters. The summed E-state index contributed by atoms with van der Waals surface area (Å²) in [6, 6.07) is 19.7. The lowest BCUT2D eigenvalue weighted by Crippen LogP contribution is -2.37. The molecule has 2 aromatic carbocycles. The highest BCUT2D eigenvalue weighted by atomic mass is 16.5. The maximum absolute atomic E-state index is 12.4. The van der Waals surface area contributed by atoms with Crippen molar-refractivity contribution in [3.63, 3.8) is 0 Å². The van der Waals surface area contributed by atoms with Gasteiger partial charge in [0.05, 0.1) is 13.2 Å². The number of morpholine rings is 1. The summed E-state index contributed by atoms with van der Waals surface area (Å²) >= 11 is 0. The Morgan fingerprint density at radius 1 is 0.968 bits per heavy atom. The Kier molecular flexibility index (Phi) is 6.74. The molecule has 3 aromatic rings. The van der Waals surface area contributed by atoms with Crippen LogP contribution in [0.1, 0.15) is 16.1 Å². The van der Waals surface area contributed by atoms with Crippen LogP contribution in [0, 0.1) is 6.92 Å². The highest BCUT2D eigenvalue weighted by Gasteiger charge is 2.14. The third-order valence-electron chi connectivity index (χ3n) is 5.12. The van der Waals surface area contributed by atoms with Gasteiger partial charge in [-0.25, -0.2) is 4.98 Å². The number of anilines is 2. The van der Waals surface area contributed by atoms with E-state index >= 15 is 0 Å². The van der Waals surface area contributed by atoms with E-state index in [1.165, 1.54) is 0 Å². The summed E-state index contributed by atoms with van der Waals surface area (Å²) in [5.74, 6) is 1.38. The Morgan fingerprint density at radius 2 is 1.68 bits per heavy atom. The number of ether oxygens (including phenoxy) is 1. The summed E-state index contributed by atoms with van der Waals surface area (Å²) in [5, 5.41) is 6.14. The van der Waals surface area contributed by atoms with Gasteiger partial charge in [-0.1, -0.05) is 42.5 Å². The fourth-order valence-corrected chi connectivity index (χ4v) is 3.48. The van der Waals surface area contributed by atoms with Crippen molar-refractivity contribution < 1.29 is 9.53 Å². The second kappa shape index (κ2) is 10.0. The van der Waals surface area contributed by atoms with Crippen LogP contribution < -0.4 is 15.5 Å². The molecule has 1 aliphatic rings. The second-order valence-corrected chi connectivity index (χ2v) is 7.42. The molecule has 1 fully saturated rings. The summed E-state index contributed by atoms with van der Waals surface area (Å²) in [6.45, 7) is 6.05. The standard InChI is InChI=1S/C24H27N5O2/c1-18-17-22(29-13-15-31-16-14-29)28-24(27-18)26-12-11-25-23(30)21-9-7-20(8-10-21)19-5-3-2-4-6-19/h2-10,17H,11-16H2,1H3,(H,25,30)(H,26,27,28). The van der Waals surface area contributed by atoms with Gasteiger partial charge >= 0.3 is 0 Å². The van der Waals surface area contributed by atoms with Gasteiger partial charge in [-0.2, -0.15) is 4.98 Å². The lowest BCUT2D eigenvalue weighted by atomic mass is 10.0. The molecule has 31 heavy (non-hydrogen) atoms. The zero-order valence-electron chi connectivity index (χ0n) is 17.7. The largest absolute Gasteiger partial charge is 0.378 e. The molecule has 2 heterocycles. The number of aryl methyl sites for hydroxylation is 1. The van der Waals surface area contributed by atoms with Gasteiger partial charge in [0, 0.05) is 43.5 Å². The average molecular weight is 418 g/mol. The molecule has 1 saturated heterocycles. The molecule has 7 heteroatoms. The minimum atomic E-state index is -0.0967. The molecule has 4 rings (SSSR count). The van der Waals surface area contributed by atoms with Gasteiger partial charge in [-0.15, -0.1) is 0 Å². The molecule has 7 nitrogen and oxygen atoms in total. The van der Waals surface area contributed by atoms with Crippen LogP contribution in [0.15, 0.2) is 60.7 Å². The van der Waals surface area contributed by atoms with Crippen molar-refractivity contribution >= 4 is 17.7 Å². The van der Waals surface area contributed by atoms with Crippen LogP contribution in [0.3, 0.4) is 0 Å². The first kappa shape index (κ1) is 20.8. The summed E-state index contributed by atoms with van der Waals surface area (Å²) in [4.78, 5) is 23.7. The maximum atomic E-state index is 12.4. The SMILES string of the molecule is Cc1cc(N2CCOCC2)nc(NCCNC(=O)c2ccc(-c3ccccc3)cc2)n1. The van der Waals surface area contributed by atoms with E-state index in [0.717, 1.165) is 35.7 Å². The number of aromatic nitrogens is 2. The molecule has 0 radical (unpaired) electrons. The van der Waals surface area contributed by atoms with Gasteiger partial charge < -0.3 is 20.3 Å². The van der Waals surface area contributed by atoms with Crippen LogP contribution in [0.25, 0.3) is 11.1 Å². The van der Waals surface area contributed by atoms with E-state index in [9.17, 15) is 4.79 Å². The highest BCUT2D eigenvalue weighted by Crippen LogP contribution is 2.19. The molecule has 1 aromatic heterocycles. The molecule has 0 spiro atoms. The van der Waals surface area contributed by atoms with Crippen molar-refractivity contribution in [1.82, 2.24) is 15.3 Å². The zero-order chi connectivity index (χ0) is 21.5. The molecular weight excluding hydrogens is 390 g/mol. The highest BCUT2D eigenvalue weighted by molar-refractivity contribution is 5.94. The number of hydrogen-bond donors (Lipinski definition) is 2. The number of rotatable bonds is 7. The average Bonchev–Trinajstić information content (AvgIpc) is 2.82. The van der Waals surface area contributed by atoms with Crippen LogP contribution >= 0.6 is 0 Å². The predicted molar refractivity (Wildman–Crippen MR) is 123 cm³/mol. The number of carbonyl (C=O) groups excluding carboxylic acids is 1. The molecule has 0 atom stereocenters. The van der Waals surface area contributed by atoms with Crippen LogP contribution in [0.2, 0.25) is 0 Å². The van der Waals surface area contributed by atoms with E-state index in [1.54, 1.807) is 0 Å². The van der Waals surface area contributed by atoms with E-state index in [-0.39, 0.29) is 5.91 Å². The number of nitrogens with zero attached hydrogens (tertiary/aromatic N) is 3. The van der Waals surface area contributed by atoms with E-state index in [0.29, 0.717) is 37.8 Å². The monoisotopic (exact) mass is 417 g/mol. The summed E-state index contributed by atoms with van der Waals surface area (Å²) in [7, 11) is 0. The number of nitrogens with one attached hydrogen (secondary N) is 2. The Balaban J connectivity index is 1.28. The molecule has 160 valence electrons. The first-order valence-corrected chi connectivity index (χ1v) is 10.5. The van der Waals surface area contributed by atoms with Gasteiger partial charge in [-0.05, 0) is 30.2 Å². The first-order valence-electron chi connectivity index (χ1n) is 10.5. The molecule has 0 bridgehead atoms. The third kappa shape index (κ3) is 5.58. The summed E-state index contributed by atoms with van der Waals surface area (Å²) in [5.41, 5.74) is 3.77. The van der Waals surface area contributed by atoms with E-state index in [1.807, 2.05) is 55.5 Å². The normalized spacial score (nSPS) is 13.6. The van der Waals surface area contributed by atoms with Crippen molar-refractivity contribution in [2.24, 2.45) is 0 Å². The van der Waals surface area contributed by atoms with E-state index in [2.05, 4.69) is 37.6 Å². The van der Waals surface area contributed by atoms with Gasteiger partial charge in [0.15, 0.2) is 0 Å². The van der Waals surface area contributed by atoms with E-state index in [4.69, 9.17) is 4.74 Å². The quantitative estimate of drug-likeness (QED) is 0.575. The van der Waals surface area contributed by atoms with Crippen molar-refractivity contribution in [3.05, 3.63) is 71.9 Å². The molecule has 1 amide bonds. The van der Waals surface area contributed by atoms with Crippen molar-refractivity contribution in [3.8, 4) is 11.1 Å². The number of carbonyl (C=O) groups is 1. The third-order valence-corrected chi connectivity index (χ3v) is 5.12. The van der Waals surface area contributed by atoms with Gasteiger partial charge in [0.1, 0.15) is 5.82 Å². The summed E-state index contributed by atoms with van der Waals surface area (Å²) in [6.07, 6.45) is 0. The van der Waals surface area contributed by atoms with Gasteiger partial charge in [0.25, 0.3) is 5.91 Å². The molecule has 1 aliphatic heterocycles. The van der Waals surface area contributed by atoms with Crippen LogP contribution in [0.5, 0.6) is 0 Å². The van der Waals surface area contributed by atoms with Crippen molar-refractivity contribution in [2.75, 3.05) is 49.6 Å². The second-order valence-electron chi connectivity index (χ2n) is 7.42. The Hall–Kier alpha value is -3.45.